The minimum atomic E-state index is -0.175. The summed E-state index contributed by atoms with van der Waals surface area (Å²) in [6.45, 7) is 3.59. The second-order valence-electron chi connectivity index (χ2n) is 6.67. The van der Waals surface area contributed by atoms with Gasteiger partial charge in [0.05, 0.1) is 13.2 Å². The van der Waals surface area contributed by atoms with Gasteiger partial charge in [-0.05, 0) is 18.1 Å². The lowest BCUT2D eigenvalue weighted by Gasteiger charge is -2.28. The van der Waals surface area contributed by atoms with Gasteiger partial charge in [0.1, 0.15) is 17.5 Å². The van der Waals surface area contributed by atoms with Crippen LogP contribution in [0.25, 0.3) is 11.4 Å². The molecule has 0 saturated carbocycles. The lowest BCUT2D eigenvalue weighted by Crippen LogP contribution is -2.36. The van der Waals surface area contributed by atoms with Gasteiger partial charge in [-0.25, -0.2) is 14.4 Å². The Morgan fingerprint density at radius 1 is 0.964 bits per heavy atom. The number of hydrogen-bond acceptors (Lipinski definition) is 5. The number of anilines is 2. The summed E-state index contributed by atoms with van der Waals surface area (Å²) in [5.74, 6) is 2.13. The topological polar surface area (TPSA) is 50.3 Å². The molecule has 28 heavy (non-hydrogen) atoms. The van der Waals surface area contributed by atoms with Crippen LogP contribution in [0.15, 0.2) is 60.7 Å². The zero-order valence-electron chi connectivity index (χ0n) is 15.6. The zero-order chi connectivity index (χ0) is 19.2. The van der Waals surface area contributed by atoms with Gasteiger partial charge in [-0.3, -0.25) is 0 Å². The number of nitrogens with zero attached hydrogens (tertiary/aromatic N) is 3. The Labute approximate surface area is 164 Å². The van der Waals surface area contributed by atoms with E-state index >= 15 is 0 Å². The summed E-state index contributed by atoms with van der Waals surface area (Å²) < 4.78 is 19.3. The molecule has 6 heteroatoms. The third kappa shape index (κ3) is 4.46. The fraction of sp³-hybridized carbons (Fsp3) is 0.273. The lowest BCUT2D eigenvalue weighted by atomic mass is 10.1. The van der Waals surface area contributed by atoms with Crippen LogP contribution in [0, 0.1) is 5.82 Å². The van der Waals surface area contributed by atoms with Gasteiger partial charge in [0.2, 0.25) is 0 Å². The fourth-order valence-electron chi connectivity index (χ4n) is 3.22. The van der Waals surface area contributed by atoms with Crippen molar-refractivity contribution in [3.63, 3.8) is 0 Å². The smallest absolute Gasteiger partial charge is 0.163 e. The molecular weight excluding hydrogens is 355 g/mol. The molecule has 5 nitrogen and oxygen atoms in total. The summed E-state index contributed by atoms with van der Waals surface area (Å²) >= 11 is 0. The minimum Gasteiger partial charge on any atom is -0.378 e. The number of halogens is 1. The second-order valence-corrected chi connectivity index (χ2v) is 6.67. The number of morpholine rings is 1. The van der Waals surface area contributed by atoms with E-state index in [0.29, 0.717) is 37.6 Å². The van der Waals surface area contributed by atoms with E-state index in [-0.39, 0.29) is 5.82 Å². The van der Waals surface area contributed by atoms with Crippen molar-refractivity contribution in [1.82, 2.24) is 9.97 Å². The van der Waals surface area contributed by atoms with Gasteiger partial charge in [0.15, 0.2) is 5.82 Å². The van der Waals surface area contributed by atoms with E-state index in [1.54, 1.807) is 6.07 Å². The zero-order valence-corrected chi connectivity index (χ0v) is 15.6. The average Bonchev–Trinajstić information content (AvgIpc) is 2.76. The van der Waals surface area contributed by atoms with E-state index in [1.165, 1.54) is 6.07 Å². The van der Waals surface area contributed by atoms with Gasteiger partial charge in [-0.2, -0.15) is 0 Å². The molecule has 0 aliphatic carbocycles. The van der Waals surface area contributed by atoms with Crippen molar-refractivity contribution in [2.75, 3.05) is 43.1 Å². The fourth-order valence-corrected chi connectivity index (χ4v) is 3.22. The molecule has 0 atom stereocenters. The third-order valence-electron chi connectivity index (χ3n) is 4.74. The van der Waals surface area contributed by atoms with Gasteiger partial charge in [0.25, 0.3) is 0 Å². The van der Waals surface area contributed by atoms with Crippen molar-refractivity contribution in [3.05, 3.63) is 72.0 Å². The molecule has 2 heterocycles. The van der Waals surface area contributed by atoms with E-state index in [1.807, 2.05) is 48.5 Å². The summed E-state index contributed by atoms with van der Waals surface area (Å²) in [4.78, 5) is 11.7. The van der Waals surface area contributed by atoms with E-state index < -0.39 is 0 Å². The number of benzene rings is 2. The highest BCUT2D eigenvalue weighted by molar-refractivity contribution is 5.61. The van der Waals surface area contributed by atoms with Gasteiger partial charge in [-0.1, -0.05) is 48.5 Å². The number of rotatable bonds is 6. The van der Waals surface area contributed by atoms with Crippen LogP contribution in [0.3, 0.4) is 0 Å². The normalized spacial score (nSPS) is 14.1. The molecule has 0 radical (unpaired) electrons. The summed E-state index contributed by atoms with van der Waals surface area (Å²) in [6.07, 6.45) is 0.588. The number of ether oxygens (including phenoxy) is 1. The van der Waals surface area contributed by atoms with Crippen LogP contribution in [-0.4, -0.2) is 42.8 Å². The molecule has 1 aliphatic heterocycles. The van der Waals surface area contributed by atoms with Crippen LogP contribution < -0.4 is 10.2 Å². The monoisotopic (exact) mass is 378 g/mol. The van der Waals surface area contributed by atoms with E-state index in [9.17, 15) is 4.39 Å². The molecule has 1 saturated heterocycles. The van der Waals surface area contributed by atoms with Crippen LogP contribution in [0.5, 0.6) is 0 Å². The number of aromatic nitrogens is 2. The predicted octanol–water partition coefficient (Wildman–Crippen LogP) is 3.77. The SMILES string of the molecule is Fc1ccccc1CCNc1cc(N2CCOCC2)nc(-c2ccccc2)n1. The van der Waals surface area contributed by atoms with E-state index in [2.05, 4.69) is 15.2 Å². The van der Waals surface area contributed by atoms with Crippen molar-refractivity contribution < 1.29 is 9.13 Å². The highest BCUT2D eigenvalue weighted by atomic mass is 19.1. The summed E-state index contributed by atoms with van der Waals surface area (Å²) in [7, 11) is 0. The Morgan fingerprint density at radius 2 is 1.71 bits per heavy atom. The standard InChI is InChI=1S/C22H23FN4O/c23-19-9-5-4-6-17(19)10-11-24-20-16-21(27-12-14-28-15-13-27)26-22(25-20)18-7-2-1-3-8-18/h1-9,16H,10-15H2,(H,24,25,26). The van der Waals surface area contributed by atoms with Crippen LogP contribution in [0.4, 0.5) is 16.0 Å². The largest absolute Gasteiger partial charge is 0.378 e. The Kier molecular flexibility index (Phi) is 5.77. The van der Waals surface area contributed by atoms with E-state index in [4.69, 9.17) is 9.72 Å². The Hall–Kier alpha value is -2.99. The Balaban J connectivity index is 1.55. The van der Waals surface area contributed by atoms with Crippen molar-refractivity contribution in [2.24, 2.45) is 0 Å². The first-order valence-electron chi connectivity index (χ1n) is 9.54. The third-order valence-corrected chi connectivity index (χ3v) is 4.74. The first-order valence-corrected chi connectivity index (χ1v) is 9.54. The Bertz CT molecular complexity index is 913. The summed E-state index contributed by atoms with van der Waals surface area (Å²) in [6, 6.07) is 18.8. The van der Waals surface area contributed by atoms with E-state index in [0.717, 1.165) is 30.3 Å². The summed E-state index contributed by atoms with van der Waals surface area (Å²) in [5.41, 5.74) is 1.66. The quantitative estimate of drug-likeness (QED) is 0.708. The maximum atomic E-state index is 13.8. The van der Waals surface area contributed by atoms with Crippen molar-refractivity contribution in [3.8, 4) is 11.4 Å². The predicted molar refractivity (Wildman–Crippen MR) is 109 cm³/mol. The number of hydrogen-bond donors (Lipinski definition) is 1. The molecule has 0 amide bonds. The molecule has 2 aromatic carbocycles. The van der Waals surface area contributed by atoms with Crippen molar-refractivity contribution in [1.29, 1.82) is 0 Å². The number of nitrogens with one attached hydrogen (secondary N) is 1. The van der Waals surface area contributed by atoms with Crippen molar-refractivity contribution >= 4 is 11.6 Å². The van der Waals surface area contributed by atoms with Crippen molar-refractivity contribution in [2.45, 2.75) is 6.42 Å². The molecule has 1 N–H and O–H groups in total. The van der Waals surface area contributed by atoms with Gasteiger partial charge in [0, 0.05) is 31.3 Å². The maximum Gasteiger partial charge on any atom is 0.163 e. The summed E-state index contributed by atoms with van der Waals surface area (Å²) in [5, 5.41) is 3.33. The van der Waals surface area contributed by atoms with Gasteiger partial charge < -0.3 is 15.0 Å². The molecule has 1 aromatic heterocycles. The van der Waals surface area contributed by atoms with Gasteiger partial charge >= 0.3 is 0 Å². The van der Waals surface area contributed by atoms with Crippen LogP contribution in [0.2, 0.25) is 0 Å². The minimum absolute atomic E-state index is 0.175. The van der Waals surface area contributed by atoms with Crippen LogP contribution in [0.1, 0.15) is 5.56 Å². The van der Waals surface area contributed by atoms with Crippen LogP contribution in [-0.2, 0) is 11.2 Å². The second kappa shape index (κ2) is 8.80. The highest BCUT2D eigenvalue weighted by Gasteiger charge is 2.15. The Morgan fingerprint density at radius 3 is 2.50 bits per heavy atom. The highest BCUT2D eigenvalue weighted by Crippen LogP contribution is 2.23. The van der Waals surface area contributed by atoms with Crippen LogP contribution >= 0.6 is 0 Å². The van der Waals surface area contributed by atoms with Gasteiger partial charge in [-0.15, -0.1) is 0 Å². The lowest BCUT2D eigenvalue weighted by molar-refractivity contribution is 0.122. The molecule has 0 unspecified atom stereocenters. The molecule has 3 aromatic rings. The average molecular weight is 378 g/mol. The molecule has 0 bridgehead atoms. The molecular formula is C22H23FN4O. The molecule has 144 valence electrons. The first kappa shape index (κ1) is 18.4. The molecule has 0 spiro atoms. The molecule has 1 fully saturated rings. The first-order chi connectivity index (χ1) is 13.8. The molecule has 4 rings (SSSR count). The molecule has 1 aliphatic rings. The maximum absolute atomic E-state index is 13.8.